The summed E-state index contributed by atoms with van der Waals surface area (Å²) in [5.41, 5.74) is 4.80. The second kappa shape index (κ2) is 5.94. The summed E-state index contributed by atoms with van der Waals surface area (Å²) in [5.74, 6) is -0.214. The molecule has 3 rings (SSSR count). The minimum absolute atomic E-state index is 0.214. The molecule has 1 unspecified atom stereocenters. The highest BCUT2D eigenvalue weighted by Gasteiger charge is 2.17. The lowest BCUT2D eigenvalue weighted by molar-refractivity contribution is 0.627. The van der Waals surface area contributed by atoms with Crippen LogP contribution in [0.4, 0.5) is 4.39 Å². The Morgan fingerprint density at radius 2 is 1.48 bits per heavy atom. The minimum Gasteiger partial charge on any atom is -0.255 e. The van der Waals surface area contributed by atoms with Crippen LogP contribution in [0.2, 0.25) is 0 Å². The third kappa shape index (κ3) is 2.98. The zero-order valence-electron chi connectivity index (χ0n) is 11.9. The highest BCUT2D eigenvalue weighted by Crippen LogP contribution is 2.37. The van der Waals surface area contributed by atoms with Crippen molar-refractivity contribution in [2.45, 2.75) is 24.2 Å². The Balaban J connectivity index is 2.05. The molecule has 0 aliphatic heterocycles. The number of hydrogen-bond acceptors (Lipinski definition) is 1. The summed E-state index contributed by atoms with van der Waals surface area (Å²) < 4.78 is 24.6. The molecule has 0 heterocycles. The average molecular weight is 300 g/mol. The van der Waals surface area contributed by atoms with E-state index < -0.39 is 10.8 Å². The zero-order valence-corrected chi connectivity index (χ0v) is 12.8. The van der Waals surface area contributed by atoms with Crippen LogP contribution in [0.3, 0.4) is 0 Å². The van der Waals surface area contributed by atoms with Crippen LogP contribution in [0, 0.1) is 5.82 Å². The fourth-order valence-corrected chi connectivity index (χ4v) is 3.13. The van der Waals surface area contributed by atoms with Gasteiger partial charge in [-0.05, 0) is 60.2 Å². The molecule has 0 radical (unpaired) electrons. The van der Waals surface area contributed by atoms with Gasteiger partial charge in [-0.1, -0.05) is 29.8 Å². The summed E-state index contributed by atoms with van der Waals surface area (Å²) in [6.45, 7) is 0. The quantitative estimate of drug-likeness (QED) is 0.813. The monoisotopic (exact) mass is 300 g/mol. The molecule has 0 bridgehead atoms. The molecular formula is C18H17FOS. The summed E-state index contributed by atoms with van der Waals surface area (Å²) in [5, 5.41) is 0. The van der Waals surface area contributed by atoms with Crippen molar-refractivity contribution in [1.29, 1.82) is 0 Å². The number of halogens is 1. The molecule has 1 aliphatic rings. The van der Waals surface area contributed by atoms with Crippen LogP contribution in [0.15, 0.2) is 59.0 Å². The lowest BCUT2D eigenvalue weighted by atomic mass is 9.82. The zero-order chi connectivity index (χ0) is 14.8. The molecule has 21 heavy (non-hydrogen) atoms. The van der Waals surface area contributed by atoms with Gasteiger partial charge >= 0.3 is 0 Å². The van der Waals surface area contributed by atoms with E-state index in [2.05, 4.69) is 0 Å². The lowest BCUT2D eigenvalue weighted by Gasteiger charge is -2.23. The maximum Gasteiger partial charge on any atom is 0.123 e. The van der Waals surface area contributed by atoms with Gasteiger partial charge < -0.3 is 0 Å². The third-order valence-corrected chi connectivity index (χ3v) is 4.85. The summed E-state index contributed by atoms with van der Waals surface area (Å²) in [4.78, 5) is 0.829. The second-order valence-electron chi connectivity index (χ2n) is 5.32. The van der Waals surface area contributed by atoms with Crippen molar-refractivity contribution in [2.75, 3.05) is 6.26 Å². The molecule has 2 aromatic rings. The van der Waals surface area contributed by atoms with Crippen LogP contribution < -0.4 is 0 Å². The highest BCUT2D eigenvalue weighted by atomic mass is 32.2. The smallest absolute Gasteiger partial charge is 0.123 e. The van der Waals surface area contributed by atoms with Gasteiger partial charge in [0.1, 0.15) is 5.82 Å². The fourth-order valence-electron chi connectivity index (χ4n) is 2.61. The lowest BCUT2D eigenvalue weighted by Crippen LogP contribution is -2.03. The van der Waals surface area contributed by atoms with Gasteiger partial charge in [0.2, 0.25) is 0 Å². The maximum atomic E-state index is 13.1. The first-order valence-electron chi connectivity index (χ1n) is 7.07. The summed E-state index contributed by atoms with van der Waals surface area (Å²) >= 11 is 0. The van der Waals surface area contributed by atoms with Crippen LogP contribution in [0.5, 0.6) is 0 Å². The molecule has 1 nitrogen and oxygen atoms in total. The van der Waals surface area contributed by atoms with E-state index in [-0.39, 0.29) is 5.82 Å². The van der Waals surface area contributed by atoms with E-state index in [1.165, 1.54) is 29.7 Å². The molecule has 2 aromatic carbocycles. The molecule has 0 aromatic heterocycles. The molecule has 1 atom stereocenters. The van der Waals surface area contributed by atoms with E-state index in [0.717, 1.165) is 28.9 Å². The highest BCUT2D eigenvalue weighted by molar-refractivity contribution is 7.84. The van der Waals surface area contributed by atoms with Gasteiger partial charge in [0.25, 0.3) is 0 Å². The van der Waals surface area contributed by atoms with Crippen molar-refractivity contribution in [3.8, 4) is 0 Å². The second-order valence-corrected chi connectivity index (χ2v) is 6.70. The standard InChI is InChI=1S/C18H17FOS/c1-21(20)17-11-7-15(8-12-17)18(13-3-2-4-13)14-5-9-16(19)10-6-14/h5-12H,2-4H2,1H3. The topological polar surface area (TPSA) is 17.1 Å². The SMILES string of the molecule is CS(=O)c1ccc(C(=C2CCC2)c2ccc(F)cc2)cc1. The number of hydrogen-bond donors (Lipinski definition) is 0. The molecule has 1 fully saturated rings. The van der Waals surface area contributed by atoms with Gasteiger partial charge in [-0.3, -0.25) is 4.21 Å². The average Bonchev–Trinajstić information content (AvgIpc) is 2.44. The Labute approximate surface area is 127 Å². The van der Waals surface area contributed by atoms with Gasteiger partial charge in [0, 0.05) is 22.0 Å². The predicted octanol–water partition coefficient (Wildman–Crippen LogP) is 4.55. The molecule has 108 valence electrons. The minimum atomic E-state index is -0.962. The maximum absolute atomic E-state index is 13.1. The molecule has 1 saturated carbocycles. The van der Waals surface area contributed by atoms with Gasteiger partial charge in [-0.15, -0.1) is 0 Å². The van der Waals surface area contributed by atoms with E-state index in [1.807, 2.05) is 36.4 Å². The Hall–Kier alpha value is -1.74. The van der Waals surface area contributed by atoms with Crippen molar-refractivity contribution in [3.05, 3.63) is 71.0 Å². The first kappa shape index (κ1) is 14.2. The number of rotatable bonds is 3. The number of benzene rings is 2. The Kier molecular flexibility index (Phi) is 4.02. The summed E-state index contributed by atoms with van der Waals surface area (Å²) in [7, 11) is -0.962. The van der Waals surface area contributed by atoms with Gasteiger partial charge in [-0.25, -0.2) is 4.39 Å². The van der Waals surface area contributed by atoms with Crippen molar-refractivity contribution < 1.29 is 8.60 Å². The van der Waals surface area contributed by atoms with Gasteiger partial charge in [-0.2, -0.15) is 0 Å². The fraction of sp³-hybridized carbons (Fsp3) is 0.222. The number of allylic oxidation sites excluding steroid dienone is 1. The van der Waals surface area contributed by atoms with E-state index >= 15 is 0 Å². The summed E-state index contributed by atoms with van der Waals surface area (Å²) in [6.07, 6.45) is 5.11. The Bertz CT molecular complexity index is 693. The normalized spacial score (nSPS) is 15.4. The van der Waals surface area contributed by atoms with Crippen molar-refractivity contribution in [2.24, 2.45) is 0 Å². The Morgan fingerprint density at radius 1 is 0.952 bits per heavy atom. The van der Waals surface area contributed by atoms with Crippen LogP contribution in [0.1, 0.15) is 30.4 Å². The molecular weight excluding hydrogens is 283 g/mol. The van der Waals surface area contributed by atoms with E-state index in [1.54, 1.807) is 6.26 Å². The molecule has 0 amide bonds. The molecule has 0 spiro atoms. The van der Waals surface area contributed by atoms with Crippen LogP contribution in [-0.4, -0.2) is 10.5 Å². The van der Waals surface area contributed by atoms with Crippen molar-refractivity contribution >= 4 is 16.4 Å². The Morgan fingerprint density at radius 3 is 1.90 bits per heavy atom. The van der Waals surface area contributed by atoms with Crippen molar-refractivity contribution in [1.82, 2.24) is 0 Å². The molecule has 0 N–H and O–H groups in total. The largest absolute Gasteiger partial charge is 0.255 e. The van der Waals surface area contributed by atoms with Crippen LogP contribution >= 0.6 is 0 Å². The predicted molar refractivity (Wildman–Crippen MR) is 85.0 cm³/mol. The van der Waals surface area contributed by atoms with E-state index in [9.17, 15) is 8.60 Å². The molecule has 3 heteroatoms. The van der Waals surface area contributed by atoms with Crippen LogP contribution in [-0.2, 0) is 10.8 Å². The van der Waals surface area contributed by atoms with Gasteiger partial charge in [0.15, 0.2) is 0 Å². The first-order valence-corrected chi connectivity index (χ1v) is 8.63. The van der Waals surface area contributed by atoms with Crippen LogP contribution in [0.25, 0.3) is 5.57 Å². The van der Waals surface area contributed by atoms with Gasteiger partial charge in [0.05, 0.1) is 0 Å². The first-order chi connectivity index (χ1) is 10.1. The van der Waals surface area contributed by atoms with E-state index in [0.29, 0.717) is 0 Å². The molecule has 1 aliphatic carbocycles. The summed E-state index contributed by atoms with van der Waals surface area (Å²) in [6, 6.07) is 14.5. The molecule has 0 saturated heterocycles. The third-order valence-electron chi connectivity index (χ3n) is 3.92. The van der Waals surface area contributed by atoms with E-state index in [4.69, 9.17) is 0 Å². The van der Waals surface area contributed by atoms with Crippen molar-refractivity contribution in [3.63, 3.8) is 0 Å².